The number of nitrogens with one attached hydrogen (secondary N) is 3. The SMILES string of the molecule is CNS(=O)(=O)c1ccc2c(c1)C(=Cc1cc([N+](=O)[O-])c[nH]1)C(=O)N2. The van der Waals surface area contributed by atoms with E-state index in [9.17, 15) is 23.3 Å². The van der Waals surface area contributed by atoms with Crippen LogP contribution in [0.25, 0.3) is 11.6 Å². The third-order valence-electron chi connectivity index (χ3n) is 3.55. The van der Waals surface area contributed by atoms with Gasteiger partial charge in [-0.3, -0.25) is 14.9 Å². The Kier molecular flexibility index (Phi) is 3.70. The number of nitro groups is 1. The van der Waals surface area contributed by atoms with Gasteiger partial charge in [-0.05, 0) is 31.3 Å². The second-order valence-electron chi connectivity index (χ2n) is 5.00. The van der Waals surface area contributed by atoms with Crippen LogP contribution in [0.2, 0.25) is 0 Å². The van der Waals surface area contributed by atoms with E-state index >= 15 is 0 Å². The van der Waals surface area contributed by atoms with Gasteiger partial charge in [0.25, 0.3) is 11.6 Å². The van der Waals surface area contributed by atoms with Crippen molar-refractivity contribution in [2.24, 2.45) is 0 Å². The number of fused-ring (bicyclic) bond motifs is 1. The van der Waals surface area contributed by atoms with E-state index in [1.165, 1.54) is 43.6 Å². The average Bonchev–Trinajstić information content (AvgIpc) is 3.13. The zero-order valence-electron chi connectivity index (χ0n) is 12.4. The number of carbonyl (C=O) groups excluding carboxylic acids is 1. The van der Waals surface area contributed by atoms with E-state index < -0.39 is 20.9 Å². The summed E-state index contributed by atoms with van der Waals surface area (Å²) in [5.74, 6) is -0.416. The lowest BCUT2D eigenvalue weighted by Crippen LogP contribution is -2.18. The zero-order valence-corrected chi connectivity index (χ0v) is 13.2. The first-order valence-electron chi connectivity index (χ1n) is 6.75. The predicted octanol–water partition coefficient (Wildman–Crippen LogP) is 1.32. The largest absolute Gasteiger partial charge is 0.356 e. The van der Waals surface area contributed by atoms with Crippen molar-refractivity contribution in [3.8, 4) is 0 Å². The maximum absolute atomic E-state index is 12.1. The lowest BCUT2D eigenvalue weighted by Gasteiger charge is -2.05. The minimum Gasteiger partial charge on any atom is -0.356 e. The van der Waals surface area contributed by atoms with Gasteiger partial charge in [0.15, 0.2) is 0 Å². The summed E-state index contributed by atoms with van der Waals surface area (Å²) in [5, 5.41) is 13.3. The van der Waals surface area contributed by atoms with Gasteiger partial charge in [-0.2, -0.15) is 0 Å². The fourth-order valence-corrected chi connectivity index (χ4v) is 3.10. The molecule has 0 saturated carbocycles. The lowest BCUT2D eigenvalue weighted by atomic mass is 10.1. The van der Waals surface area contributed by atoms with E-state index in [1.807, 2.05) is 0 Å². The van der Waals surface area contributed by atoms with Crippen LogP contribution in [-0.2, 0) is 14.8 Å². The van der Waals surface area contributed by atoms with E-state index in [0.717, 1.165) is 0 Å². The van der Waals surface area contributed by atoms with Crippen LogP contribution in [-0.4, -0.2) is 31.3 Å². The van der Waals surface area contributed by atoms with Crippen LogP contribution in [0.1, 0.15) is 11.3 Å². The molecule has 0 saturated heterocycles. The van der Waals surface area contributed by atoms with E-state index in [1.54, 1.807) is 0 Å². The first kappa shape index (κ1) is 15.9. The number of amides is 1. The third kappa shape index (κ3) is 2.68. The topological polar surface area (TPSA) is 134 Å². The molecule has 1 aliphatic rings. The zero-order chi connectivity index (χ0) is 17.5. The summed E-state index contributed by atoms with van der Waals surface area (Å²) in [6, 6.07) is 5.54. The fourth-order valence-electron chi connectivity index (χ4n) is 2.34. The molecule has 0 unspecified atom stereocenters. The van der Waals surface area contributed by atoms with Gasteiger partial charge < -0.3 is 10.3 Å². The van der Waals surface area contributed by atoms with Crippen molar-refractivity contribution in [1.82, 2.24) is 9.71 Å². The molecular weight excluding hydrogens is 336 g/mol. The number of benzene rings is 1. The molecule has 0 bridgehead atoms. The Morgan fingerprint density at radius 2 is 2.04 bits per heavy atom. The first-order chi connectivity index (χ1) is 11.3. The number of carbonyl (C=O) groups is 1. The molecule has 0 radical (unpaired) electrons. The quantitative estimate of drug-likeness (QED) is 0.435. The summed E-state index contributed by atoms with van der Waals surface area (Å²) in [7, 11) is -2.36. The van der Waals surface area contributed by atoms with Crippen LogP contribution >= 0.6 is 0 Å². The van der Waals surface area contributed by atoms with Gasteiger partial charge in [0.1, 0.15) is 0 Å². The number of rotatable bonds is 4. The standard InChI is InChI=1S/C14H12N4O5S/c1-15-24(22,23)10-2-3-13-11(6-10)12(14(19)17-13)5-8-4-9(7-16-8)18(20)21/h2-7,15-16H,1H3,(H,17,19). The Morgan fingerprint density at radius 1 is 1.29 bits per heavy atom. The van der Waals surface area contributed by atoms with Gasteiger partial charge in [-0.25, -0.2) is 13.1 Å². The highest BCUT2D eigenvalue weighted by Gasteiger charge is 2.26. The van der Waals surface area contributed by atoms with Crippen molar-refractivity contribution in [3.05, 3.63) is 51.8 Å². The molecule has 1 aromatic heterocycles. The van der Waals surface area contributed by atoms with Crippen molar-refractivity contribution in [1.29, 1.82) is 0 Å². The molecule has 24 heavy (non-hydrogen) atoms. The Labute approximate surface area is 136 Å². The Bertz CT molecular complexity index is 990. The molecule has 10 heteroatoms. The van der Waals surface area contributed by atoms with Crippen LogP contribution in [0, 0.1) is 10.1 Å². The summed E-state index contributed by atoms with van der Waals surface area (Å²) in [4.78, 5) is 25.0. The van der Waals surface area contributed by atoms with Crippen molar-refractivity contribution in [2.75, 3.05) is 12.4 Å². The molecule has 0 aliphatic carbocycles. The highest BCUT2D eigenvalue weighted by Crippen LogP contribution is 2.34. The second kappa shape index (κ2) is 5.58. The average molecular weight is 348 g/mol. The maximum atomic E-state index is 12.1. The number of anilines is 1. The smallest absolute Gasteiger partial charge is 0.287 e. The van der Waals surface area contributed by atoms with E-state index in [2.05, 4.69) is 15.0 Å². The summed E-state index contributed by atoms with van der Waals surface area (Å²) < 4.78 is 26.0. The summed E-state index contributed by atoms with van der Waals surface area (Å²) in [6.07, 6.45) is 2.64. The van der Waals surface area contributed by atoms with E-state index in [4.69, 9.17) is 0 Å². The maximum Gasteiger partial charge on any atom is 0.287 e. The van der Waals surface area contributed by atoms with Crippen LogP contribution in [0.3, 0.4) is 0 Å². The molecule has 124 valence electrons. The molecular formula is C14H12N4O5S. The number of H-pyrrole nitrogens is 1. The van der Waals surface area contributed by atoms with Crippen molar-refractivity contribution >= 4 is 39.0 Å². The van der Waals surface area contributed by atoms with Gasteiger partial charge in [-0.1, -0.05) is 0 Å². The Morgan fingerprint density at radius 3 is 2.67 bits per heavy atom. The molecule has 2 heterocycles. The number of hydrogen-bond donors (Lipinski definition) is 3. The second-order valence-corrected chi connectivity index (χ2v) is 6.88. The number of aromatic amines is 1. The van der Waals surface area contributed by atoms with Gasteiger partial charge in [0.2, 0.25) is 10.0 Å². The lowest BCUT2D eigenvalue weighted by molar-refractivity contribution is -0.384. The third-order valence-corrected chi connectivity index (χ3v) is 4.97. The summed E-state index contributed by atoms with van der Waals surface area (Å²) >= 11 is 0. The van der Waals surface area contributed by atoms with Crippen LogP contribution < -0.4 is 10.0 Å². The normalized spacial score (nSPS) is 15.4. The van der Waals surface area contributed by atoms with Gasteiger partial charge in [0.05, 0.1) is 21.6 Å². The molecule has 3 rings (SSSR count). The molecule has 1 aromatic carbocycles. The summed E-state index contributed by atoms with van der Waals surface area (Å²) in [6.45, 7) is 0. The fraction of sp³-hybridized carbons (Fsp3) is 0.0714. The van der Waals surface area contributed by atoms with Crippen molar-refractivity contribution in [2.45, 2.75) is 4.90 Å². The number of nitrogens with zero attached hydrogens (tertiary/aromatic N) is 1. The molecule has 9 nitrogen and oxygen atoms in total. The van der Waals surface area contributed by atoms with Crippen LogP contribution in [0.5, 0.6) is 0 Å². The molecule has 3 N–H and O–H groups in total. The number of sulfonamides is 1. The van der Waals surface area contributed by atoms with Crippen molar-refractivity contribution in [3.63, 3.8) is 0 Å². The highest BCUT2D eigenvalue weighted by molar-refractivity contribution is 7.89. The predicted molar refractivity (Wildman–Crippen MR) is 86.6 cm³/mol. The molecule has 0 fully saturated rings. The molecule has 1 amide bonds. The van der Waals surface area contributed by atoms with Crippen molar-refractivity contribution < 1.29 is 18.1 Å². The van der Waals surface area contributed by atoms with Gasteiger partial charge in [-0.15, -0.1) is 0 Å². The molecule has 0 spiro atoms. The number of aromatic nitrogens is 1. The molecule has 2 aromatic rings. The first-order valence-corrected chi connectivity index (χ1v) is 8.24. The minimum atomic E-state index is -3.65. The molecule has 1 aliphatic heterocycles. The monoisotopic (exact) mass is 348 g/mol. The van der Waals surface area contributed by atoms with Gasteiger partial charge >= 0.3 is 0 Å². The summed E-state index contributed by atoms with van der Waals surface area (Å²) in [5.41, 5.74) is 1.33. The minimum absolute atomic E-state index is 0.0172. The van der Waals surface area contributed by atoms with E-state index in [0.29, 0.717) is 16.9 Å². The van der Waals surface area contributed by atoms with Crippen LogP contribution in [0.15, 0.2) is 35.4 Å². The highest BCUT2D eigenvalue weighted by atomic mass is 32.2. The Hall–Kier alpha value is -2.98. The van der Waals surface area contributed by atoms with Gasteiger partial charge in [0, 0.05) is 23.0 Å². The number of hydrogen-bond acceptors (Lipinski definition) is 5. The Balaban J connectivity index is 2.08. The van der Waals surface area contributed by atoms with Crippen LogP contribution in [0.4, 0.5) is 11.4 Å². The molecule has 0 atom stereocenters. The van der Waals surface area contributed by atoms with E-state index in [-0.39, 0.29) is 16.2 Å².